The van der Waals surface area contributed by atoms with Crippen molar-refractivity contribution in [2.24, 2.45) is 0 Å². The summed E-state index contributed by atoms with van der Waals surface area (Å²) in [7, 11) is 1.62. The van der Waals surface area contributed by atoms with Crippen molar-refractivity contribution in [3.8, 4) is 17.0 Å². The van der Waals surface area contributed by atoms with E-state index < -0.39 is 0 Å². The Hall–Kier alpha value is -2.18. The number of nitrogens with one attached hydrogen (secondary N) is 1. The highest BCUT2D eigenvalue weighted by Crippen LogP contribution is 2.31. The summed E-state index contributed by atoms with van der Waals surface area (Å²) in [6, 6.07) is 2.12. The van der Waals surface area contributed by atoms with Gasteiger partial charge in [0.25, 0.3) is 0 Å². The van der Waals surface area contributed by atoms with Gasteiger partial charge >= 0.3 is 0 Å². The van der Waals surface area contributed by atoms with Crippen molar-refractivity contribution in [3.05, 3.63) is 41.7 Å². The molecule has 0 amide bonds. The fourth-order valence-corrected chi connectivity index (χ4v) is 2.73. The maximum Gasteiger partial charge on any atom is 0.174 e. The Kier molecular flexibility index (Phi) is 4.45. The Bertz CT molecular complexity index is 832. The molecule has 0 saturated carbocycles. The zero-order chi connectivity index (χ0) is 16.4. The molecule has 7 heteroatoms. The van der Waals surface area contributed by atoms with Crippen LogP contribution in [-0.2, 0) is 0 Å². The molecule has 0 aromatic carbocycles. The van der Waals surface area contributed by atoms with Gasteiger partial charge < -0.3 is 14.5 Å². The van der Waals surface area contributed by atoms with Crippen LogP contribution in [0.4, 0.5) is 0 Å². The molecule has 3 rings (SSSR count). The van der Waals surface area contributed by atoms with Gasteiger partial charge in [-0.3, -0.25) is 4.98 Å². The lowest BCUT2D eigenvalue weighted by atomic mass is 10.1. The van der Waals surface area contributed by atoms with Gasteiger partial charge in [0.2, 0.25) is 0 Å². The molecule has 3 heterocycles. The normalized spacial score (nSPS) is 12.5. The Labute approximate surface area is 139 Å². The van der Waals surface area contributed by atoms with Crippen molar-refractivity contribution in [2.75, 3.05) is 13.7 Å². The van der Waals surface area contributed by atoms with Gasteiger partial charge in [-0.1, -0.05) is 18.5 Å². The predicted octanol–water partition coefficient (Wildman–Crippen LogP) is 3.12. The summed E-state index contributed by atoms with van der Waals surface area (Å²) in [5, 5.41) is 3.70. The summed E-state index contributed by atoms with van der Waals surface area (Å²) in [6.45, 7) is 5.01. The van der Waals surface area contributed by atoms with Crippen LogP contribution in [0, 0.1) is 0 Å². The SMILES string of the molecule is CCNC(C)c1cc(-c2cn3ccnc3c(Cl)n2)c(OC)cn1. The molecule has 0 aliphatic heterocycles. The predicted molar refractivity (Wildman–Crippen MR) is 89.9 cm³/mol. The minimum absolute atomic E-state index is 0.136. The zero-order valence-electron chi connectivity index (χ0n) is 13.2. The monoisotopic (exact) mass is 331 g/mol. The summed E-state index contributed by atoms with van der Waals surface area (Å²) in [6.07, 6.45) is 7.12. The lowest BCUT2D eigenvalue weighted by Gasteiger charge is -2.15. The van der Waals surface area contributed by atoms with Gasteiger partial charge in [-0.05, 0) is 19.5 Å². The first kappa shape index (κ1) is 15.7. The first-order chi connectivity index (χ1) is 11.1. The van der Waals surface area contributed by atoms with Crippen LogP contribution in [0.1, 0.15) is 25.6 Å². The summed E-state index contributed by atoms with van der Waals surface area (Å²) in [5.41, 5.74) is 3.11. The Morgan fingerprint density at radius 2 is 2.22 bits per heavy atom. The van der Waals surface area contributed by atoms with E-state index in [0.717, 1.165) is 17.8 Å². The molecular weight excluding hydrogens is 314 g/mol. The zero-order valence-corrected chi connectivity index (χ0v) is 14.0. The highest BCUT2D eigenvalue weighted by atomic mass is 35.5. The van der Waals surface area contributed by atoms with E-state index in [1.165, 1.54) is 0 Å². The second-order valence-electron chi connectivity index (χ2n) is 5.16. The van der Waals surface area contributed by atoms with Crippen LogP contribution in [0.25, 0.3) is 16.9 Å². The third-order valence-corrected chi connectivity index (χ3v) is 3.93. The lowest BCUT2D eigenvalue weighted by molar-refractivity contribution is 0.413. The fourth-order valence-electron chi connectivity index (χ4n) is 2.49. The molecule has 3 aromatic heterocycles. The van der Waals surface area contributed by atoms with Crippen LogP contribution in [0.3, 0.4) is 0 Å². The van der Waals surface area contributed by atoms with Crippen LogP contribution in [0.2, 0.25) is 5.15 Å². The van der Waals surface area contributed by atoms with Crippen LogP contribution in [0.5, 0.6) is 5.75 Å². The maximum atomic E-state index is 6.24. The Morgan fingerprint density at radius 3 is 2.96 bits per heavy atom. The third-order valence-electron chi connectivity index (χ3n) is 3.67. The molecule has 0 saturated heterocycles. The third kappa shape index (κ3) is 3.00. The van der Waals surface area contributed by atoms with Crippen molar-refractivity contribution in [1.82, 2.24) is 24.7 Å². The summed E-state index contributed by atoms with van der Waals surface area (Å²) in [5.74, 6) is 0.653. The quantitative estimate of drug-likeness (QED) is 0.778. The average Bonchev–Trinajstić information content (AvgIpc) is 3.03. The molecule has 1 unspecified atom stereocenters. The van der Waals surface area contributed by atoms with Crippen LogP contribution in [0.15, 0.2) is 30.9 Å². The largest absolute Gasteiger partial charge is 0.494 e. The first-order valence-electron chi connectivity index (χ1n) is 7.41. The van der Waals surface area contributed by atoms with Gasteiger partial charge in [-0.15, -0.1) is 0 Å². The molecule has 1 atom stereocenters. The minimum atomic E-state index is 0.136. The number of hydrogen-bond acceptors (Lipinski definition) is 5. The molecule has 0 spiro atoms. The molecule has 6 nitrogen and oxygen atoms in total. The number of aromatic nitrogens is 4. The number of methoxy groups -OCH3 is 1. The van der Waals surface area contributed by atoms with Gasteiger partial charge in [0, 0.05) is 30.2 Å². The van der Waals surface area contributed by atoms with Crippen LogP contribution in [-0.4, -0.2) is 33.0 Å². The highest BCUT2D eigenvalue weighted by Gasteiger charge is 2.15. The summed E-state index contributed by atoms with van der Waals surface area (Å²) < 4.78 is 7.28. The van der Waals surface area contributed by atoms with Crippen molar-refractivity contribution in [1.29, 1.82) is 0 Å². The van der Waals surface area contributed by atoms with E-state index in [9.17, 15) is 0 Å². The van der Waals surface area contributed by atoms with E-state index in [1.54, 1.807) is 19.5 Å². The number of imidazole rings is 1. The smallest absolute Gasteiger partial charge is 0.174 e. The summed E-state index contributed by atoms with van der Waals surface area (Å²) >= 11 is 6.24. The number of pyridine rings is 1. The number of ether oxygens (including phenoxy) is 1. The molecule has 0 aliphatic rings. The topological polar surface area (TPSA) is 64.3 Å². The van der Waals surface area contributed by atoms with E-state index >= 15 is 0 Å². The lowest BCUT2D eigenvalue weighted by Crippen LogP contribution is -2.18. The van der Waals surface area contributed by atoms with Gasteiger partial charge in [0.15, 0.2) is 10.8 Å². The molecule has 0 fully saturated rings. The van der Waals surface area contributed by atoms with E-state index in [1.807, 2.05) is 22.9 Å². The molecule has 120 valence electrons. The van der Waals surface area contributed by atoms with E-state index in [2.05, 4.69) is 34.1 Å². The van der Waals surface area contributed by atoms with Crippen molar-refractivity contribution in [2.45, 2.75) is 19.9 Å². The number of halogens is 1. The Morgan fingerprint density at radius 1 is 1.39 bits per heavy atom. The molecule has 1 N–H and O–H groups in total. The standard InChI is InChI=1S/C16H18ClN5O/c1-4-18-10(2)12-7-11(14(23-3)8-20-12)13-9-22-6-5-19-16(22)15(17)21-13/h5-10,18H,4H2,1-3H3. The average molecular weight is 332 g/mol. The number of nitrogens with zero attached hydrogens (tertiary/aromatic N) is 4. The molecule has 3 aromatic rings. The molecule has 23 heavy (non-hydrogen) atoms. The number of fused-ring (bicyclic) bond motifs is 1. The second kappa shape index (κ2) is 6.52. The van der Waals surface area contributed by atoms with E-state index in [4.69, 9.17) is 16.3 Å². The number of hydrogen-bond donors (Lipinski definition) is 1. The van der Waals surface area contributed by atoms with Gasteiger partial charge in [-0.2, -0.15) is 0 Å². The molecular formula is C16H18ClN5O. The van der Waals surface area contributed by atoms with E-state index in [0.29, 0.717) is 22.2 Å². The maximum absolute atomic E-state index is 6.24. The Balaban J connectivity index is 2.13. The second-order valence-corrected chi connectivity index (χ2v) is 5.52. The fraction of sp³-hybridized carbons (Fsp3) is 0.312. The van der Waals surface area contributed by atoms with E-state index in [-0.39, 0.29) is 6.04 Å². The highest BCUT2D eigenvalue weighted by molar-refractivity contribution is 6.32. The van der Waals surface area contributed by atoms with Crippen molar-refractivity contribution in [3.63, 3.8) is 0 Å². The number of rotatable bonds is 5. The van der Waals surface area contributed by atoms with Crippen LogP contribution < -0.4 is 10.1 Å². The van der Waals surface area contributed by atoms with Gasteiger partial charge in [-0.25, -0.2) is 9.97 Å². The van der Waals surface area contributed by atoms with Crippen LogP contribution >= 0.6 is 11.6 Å². The van der Waals surface area contributed by atoms with Crippen molar-refractivity contribution < 1.29 is 4.74 Å². The van der Waals surface area contributed by atoms with Gasteiger partial charge in [0.05, 0.1) is 24.7 Å². The first-order valence-corrected chi connectivity index (χ1v) is 7.78. The van der Waals surface area contributed by atoms with Gasteiger partial charge in [0.1, 0.15) is 5.75 Å². The van der Waals surface area contributed by atoms with Crippen molar-refractivity contribution >= 4 is 17.2 Å². The summed E-state index contributed by atoms with van der Waals surface area (Å²) in [4.78, 5) is 13.1. The molecule has 0 radical (unpaired) electrons. The molecule has 0 aliphatic carbocycles. The minimum Gasteiger partial charge on any atom is -0.494 e. The molecule has 0 bridgehead atoms.